The van der Waals surface area contributed by atoms with Crippen LogP contribution in [0.5, 0.6) is 0 Å². The van der Waals surface area contributed by atoms with E-state index in [-0.39, 0.29) is 23.5 Å². The molecule has 1 amide bonds. The van der Waals surface area contributed by atoms with Crippen LogP contribution in [0.1, 0.15) is 42.1 Å². The fourth-order valence-corrected chi connectivity index (χ4v) is 4.08. The number of furan rings is 1. The van der Waals surface area contributed by atoms with Gasteiger partial charge in [0, 0.05) is 18.0 Å². The van der Waals surface area contributed by atoms with Gasteiger partial charge in [-0.3, -0.25) is 9.59 Å². The molecular formula is C20H24N2O6S. The van der Waals surface area contributed by atoms with Crippen molar-refractivity contribution >= 4 is 29.2 Å². The fraction of sp³-hybridized carbons (Fsp3) is 0.500. The third kappa shape index (κ3) is 4.84. The molecule has 3 rings (SSSR count). The molecule has 1 saturated heterocycles. The molecule has 1 atom stereocenters. The number of rotatable bonds is 6. The molecule has 0 aromatic carbocycles. The van der Waals surface area contributed by atoms with E-state index in [4.69, 9.17) is 13.9 Å². The van der Waals surface area contributed by atoms with Gasteiger partial charge < -0.3 is 18.8 Å². The van der Waals surface area contributed by atoms with Crippen molar-refractivity contribution in [3.63, 3.8) is 0 Å². The van der Waals surface area contributed by atoms with E-state index in [0.717, 1.165) is 0 Å². The van der Waals surface area contributed by atoms with E-state index in [1.165, 1.54) is 17.6 Å². The lowest BCUT2D eigenvalue weighted by atomic mass is 9.97. The van der Waals surface area contributed by atoms with E-state index in [2.05, 4.69) is 4.98 Å². The van der Waals surface area contributed by atoms with Crippen LogP contribution in [0.15, 0.2) is 22.8 Å². The molecule has 0 aliphatic carbocycles. The predicted molar refractivity (Wildman–Crippen MR) is 105 cm³/mol. The minimum atomic E-state index is -0.935. The molecule has 1 fully saturated rings. The maximum atomic E-state index is 12.6. The summed E-state index contributed by atoms with van der Waals surface area (Å²) in [6, 6.07) is 3.51. The number of carbonyl (C=O) groups is 3. The molecule has 156 valence electrons. The van der Waals surface area contributed by atoms with E-state index in [1.807, 2.05) is 0 Å². The smallest absolute Gasteiger partial charge is 0.358 e. The highest BCUT2D eigenvalue weighted by Crippen LogP contribution is 2.28. The van der Waals surface area contributed by atoms with Gasteiger partial charge in [0.15, 0.2) is 22.6 Å². The molecule has 0 bridgehead atoms. The number of nitrogens with zero attached hydrogens (tertiary/aromatic N) is 2. The lowest BCUT2D eigenvalue weighted by molar-refractivity contribution is -0.152. The number of amides is 1. The predicted octanol–water partition coefficient (Wildman–Crippen LogP) is 3.06. The van der Waals surface area contributed by atoms with Crippen LogP contribution in [0.25, 0.3) is 10.8 Å². The average Bonchev–Trinajstić information content (AvgIpc) is 3.37. The molecule has 8 nitrogen and oxygen atoms in total. The Labute approximate surface area is 172 Å². The Bertz CT molecular complexity index is 868. The van der Waals surface area contributed by atoms with Crippen molar-refractivity contribution in [1.29, 1.82) is 0 Å². The van der Waals surface area contributed by atoms with Gasteiger partial charge in [-0.25, -0.2) is 9.78 Å². The zero-order valence-electron chi connectivity index (χ0n) is 16.7. The number of hydrogen-bond acceptors (Lipinski definition) is 8. The molecule has 9 heteroatoms. The largest absolute Gasteiger partial charge is 0.466 e. The quantitative estimate of drug-likeness (QED) is 0.662. The first-order valence-corrected chi connectivity index (χ1v) is 10.4. The standard InChI is InChI=1S/C20H24N2O6S/c1-4-26-19(24)14-7-9-22(10-8-14)18(23)12(2)28-20(25)16-13(3)29-17(21-16)15-6-5-11-27-15/h5-6,11-12,14H,4,7-10H2,1-3H3. The summed E-state index contributed by atoms with van der Waals surface area (Å²) >= 11 is 1.33. The lowest BCUT2D eigenvalue weighted by Crippen LogP contribution is -2.45. The van der Waals surface area contributed by atoms with E-state index >= 15 is 0 Å². The van der Waals surface area contributed by atoms with Gasteiger partial charge in [-0.05, 0) is 45.7 Å². The number of likely N-dealkylation sites (tertiary alicyclic amines) is 1. The molecule has 0 N–H and O–H groups in total. The zero-order chi connectivity index (χ0) is 21.0. The summed E-state index contributed by atoms with van der Waals surface area (Å²) in [6.45, 7) is 6.31. The second-order valence-electron chi connectivity index (χ2n) is 6.80. The van der Waals surface area contributed by atoms with E-state index < -0.39 is 12.1 Å². The van der Waals surface area contributed by atoms with E-state index in [1.54, 1.807) is 37.8 Å². The number of piperidine rings is 1. The Morgan fingerprint density at radius 1 is 1.34 bits per heavy atom. The molecule has 2 aromatic heterocycles. The van der Waals surface area contributed by atoms with Gasteiger partial charge in [-0.1, -0.05) is 0 Å². The molecule has 0 spiro atoms. The first-order chi connectivity index (χ1) is 13.9. The van der Waals surface area contributed by atoms with Gasteiger partial charge in [-0.2, -0.15) is 0 Å². The lowest BCUT2D eigenvalue weighted by Gasteiger charge is -2.32. The fourth-order valence-electron chi connectivity index (χ4n) is 3.21. The van der Waals surface area contributed by atoms with Crippen LogP contribution in [0, 0.1) is 12.8 Å². The number of carbonyl (C=O) groups excluding carboxylic acids is 3. The highest BCUT2D eigenvalue weighted by Gasteiger charge is 2.32. The minimum absolute atomic E-state index is 0.182. The SMILES string of the molecule is CCOC(=O)C1CCN(C(=O)C(C)OC(=O)c2nc(-c3ccco3)sc2C)CC1. The van der Waals surface area contributed by atoms with Gasteiger partial charge >= 0.3 is 11.9 Å². The summed E-state index contributed by atoms with van der Waals surface area (Å²) in [5.41, 5.74) is 0.182. The number of ether oxygens (including phenoxy) is 2. The Kier molecular flexibility index (Phi) is 6.68. The molecule has 0 radical (unpaired) electrons. The number of esters is 2. The van der Waals surface area contributed by atoms with Crippen molar-refractivity contribution in [2.45, 2.75) is 39.7 Å². The first kappa shape index (κ1) is 21.0. The van der Waals surface area contributed by atoms with Gasteiger partial charge in [-0.15, -0.1) is 11.3 Å². The molecular weight excluding hydrogens is 396 g/mol. The summed E-state index contributed by atoms with van der Waals surface area (Å²) in [7, 11) is 0. The Morgan fingerprint density at radius 2 is 2.07 bits per heavy atom. The minimum Gasteiger partial charge on any atom is -0.466 e. The Morgan fingerprint density at radius 3 is 2.69 bits per heavy atom. The molecule has 2 aromatic rings. The van der Waals surface area contributed by atoms with Crippen LogP contribution in [-0.2, 0) is 19.1 Å². The second kappa shape index (κ2) is 9.21. The monoisotopic (exact) mass is 420 g/mol. The maximum Gasteiger partial charge on any atom is 0.358 e. The van der Waals surface area contributed by atoms with E-state index in [0.29, 0.717) is 48.2 Å². The summed E-state index contributed by atoms with van der Waals surface area (Å²) in [6.07, 6.45) is 1.69. The van der Waals surface area contributed by atoms with Crippen LogP contribution in [0.2, 0.25) is 0 Å². The number of aromatic nitrogens is 1. The van der Waals surface area contributed by atoms with Gasteiger partial charge in [0.2, 0.25) is 0 Å². The summed E-state index contributed by atoms with van der Waals surface area (Å²) in [5.74, 6) is -0.746. The van der Waals surface area contributed by atoms with Crippen molar-refractivity contribution in [2.24, 2.45) is 5.92 Å². The molecule has 0 saturated carbocycles. The third-order valence-corrected chi connectivity index (χ3v) is 5.77. The van der Waals surface area contributed by atoms with Crippen LogP contribution in [0.4, 0.5) is 0 Å². The number of thiazole rings is 1. The highest BCUT2D eigenvalue weighted by molar-refractivity contribution is 7.15. The van der Waals surface area contributed by atoms with Crippen molar-refractivity contribution < 1.29 is 28.3 Å². The van der Waals surface area contributed by atoms with Gasteiger partial charge in [0.25, 0.3) is 5.91 Å². The van der Waals surface area contributed by atoms with Crippen molar-refractivity contribution in [3.05, 3.63) is 29.0 Å². The van der Waals surface area contributed by atoms with Gasteiger partial charge in [0.1, 0.15) is 0 Å². The van der Waals surface area contributed by atoms with Crippen molar-refractivity contribution in [3.8, 4) is 10.8 Å². The molecule has 1 unspecified atom stereocenters. The first-order valence-electron chi connectivity index (χ1n) is 9.58. The topological polar surface area (TPSA) is 98.9 Å². The van der Waals surface area contributed by atoms with Crippen molar-refractivity contribution in [1.82, 2.24) is 9.88 Å². The van der Waals surface area contributed by atoms with Crippen LogP contribution in [-0.4, -0.2) is 53.5 Å². The third-order valence-electron chi connectivity index (χ3n) is 4.78. The zero-order valence-corrected chi connectivity index (χ0v) is 17.5. The normalized spacial score (nSPS) is 15.8. The molecule has 3 heterocycles. The average molecular weight is 420 g/mol. The van der Waals surface area contributed by atoms with Crippen molar-refractivity contribution in [2.75, 3.05) is 19.7 Å². The Balaban J connectivity index is 1.56. The van der Waals surface area contributed by atoms with Crippen LogP contribution >= 0.6 is 11.3 Å². The summed E-state index contributed by atoms with van der Waals surface area (Å²) < 4.78 is 15.7. The molecule has 1 aliphatic heterocycles. The van der Waals surface area contributed by atoms with Crippen LogP contribution < -0.4 is 0 Å². The molecule has 29 heavy (non-hydrogen) atoms. The maximum absolute atomic E-state index is 12.6. The highest BCUT2D eigenvalue weighted by atomic mass is 32.1. The second-order valence-corrected chi connectivity index (χ2v) is 8.00. The number of hydrogen-bond donors (Lipinski definition) is 0. The summed E-state index contributed by atoms with van der Waals surface area (Å²) in [4.78, 5) is 43.6. The number of aryl methyl sites for hydroxylation is 1. The summed E-state index contributed by atoms with van der Waals surface area (Å²) in [5, 5.41) is 0.583. The molecule has 1 aliphatic rings. The van der Waals surface area contributed by atoms with E-state index in [9.17, 15) is 14.4 Å². The van der Waals surface area contributed by atoms with Crippen LogP contribution in [0.3, 0.4) is 0 Å². The van der Waals surface area contributed by atoms with Gasteiger partial charge in [0.05, 0.1) is 18.8 Å². The Hall–Kier alpha value is -2.68.